The average Bonchev–Trinajstić information content (AvgIpc) is 2.71. The molecule has 2 aromatic rings. The van der Waals surface area contributed by atoms with E-state index in [-0.39, 0.29) is 5.41 Å². The van der Waals surface area contributed by atoms with Crippen molar-refractivity contribution in [1.82, 2.24) is 0 Å². The third-order valence-electron chi connectivity index (χ3n) is 5.27. The summed E-state index contributed by atoms with van der Waals surface area (Å²) in [7, 11) is 4.97. The van der Waals surface area contributed by atoms with Crippen LogP contribution in [0.5, 0.6) is 17.2 Å². The topological polar surface area (TPSA) is 40.0 Å². The van der Waals surface area contributed by atoms with Gasteiger partial charge >= 0.3 is 0 Å². The van der Waals surface area contributed by atoms with Gasteiger partial charge in [-0.25, -0.2) is 0 Å². The second kappa shape index (κ2) is 10.3. The van der Waals surface area contributed by atoms with Crippen molar-refractivity contribution >= 4 is 11.9 Å². The van der Waals surface area contributed by atoms with Crippen LogP contribution in [0.25, 0.3) is 0 Å². The zero-order valence-electron chi connectivity index (χ0n) is 19.6. The molecule has 0 amide bonds. The molecule has 0 aromatic heterocycles. The Kier molecular flexibility index (Phi) is 8.10. The van der Waals surface area contributed by atoms with E-state index in [0.29, 0.717) is 5.92 Å². The lowest BCUT2D eigenvalue weighted by atomic mass is 9.82. The molecule has 0 bridgehead atoms. The predicted octanol–water partition coefficient (Wildman–Crippen LogP) is 6.63. The van der Waals surface area contributed by atoms with Crippen LogP contribution in [0.15, 0.2) is 53.0 Å². The number of allylic oxidation sites excluding steroid dienone is 2. The van der Waals surface area contributed by atoms with Gasteiger partial charge in [-0.2, -0.15) is 0 Å². The van der Waals surface area contributed by atoms with E-state index in [0.717, 1.165) is 34.9 Å². The van der Waals surface area contributed by atoms with Crippen LogP contribution in [0.4, 0.5) is 5.69 Å². The molecule has 0 radical (unpaired) electrons. The molecule has 0 saturated carbocycles. The Morgan fingerprint density at radius 3 is 2.17 bits per heavy atom. The van der Waals surface area contributed by atoms with E-state index in [1.54, 1.807) is 27.5 Å². The Labute approximate surface area is 181 Å². The Balaban J connectivity index is 2.46. The summed E-state index contributed by atoms with van der Waals surface area (Å²) in [5, 5.41) is 0. The van der Waals surface area contributed by atoms with Crippen molar-refractivity contribution in [2.24, 2.45) is 16.3 Å². The van der Waals surface area contributed by atoms with Gasteiger partial charge < -0.3 is 14.2 Å². The van der Waals surface area contributed by atoms with Crippen LogP contribution in [0.2, 0.25) is 0 Å². The molecule has 0 aliphatic carbocycles. The summed E-state index contributed by atoms with van der Waals surface area (Å²) in [5.74, 6) is 2.76. The molecule has 0 atom stereocenters. The molecular weight excluding hydrogens is 374 g/mol. The molecule has 0 aliphatic rings. The first-order valence-corrected chi connectivity index (χ1v) is 10.3. The van der Waals surface area contributed by atoms with Gasteiger partial charge in [0.25, 0.3) is 0 Å². The van der Waals surface area contributed by atoms with Crippen LogP contribution in [0, 0.1) is 11.3 Å². The lowest BCUT2D eigenvalue weighted by Gasteiger charge is -2.24. The molecule has 0 heterocycles. The lowest BCUT2D eigenvalue weighted by Crippen LogP contribution is -2.13. The molecule has 162 valence electrons. The van der Waals surface area contributed by atoms with Crippen molar-refractivity contribution in [3.63, 3.8) is 0 Å². The first-order chi connectivity index (χ1) is 14.2. The van der Waals surface area contributed by atoms with E-state index in [1.165, 1.54) is 11.1 Å². The molecule has 2 aromatic carbocycles. The molecule has 4 heteroatoms. The second-order valence-electron chi connectivity index (χ2n) is 8.54. The van der Waals surface area contributed by atoms with Crippen molar-refractivity contribution in [2.75, 3.05) is 21.3 Å². The molecule has 0 saturated heterocycles. The standard InChI is InChI=1S/C26H35NO3/c1-18(2)19(3)15-26(4,5)16-20-12-13-21(28-6)14-23(20)27-17-22-24(29-7)10-9-11-25(22)30-8/h9-15,17-18H,16H2,1-8H3/b19-15-,27-17?. The van der Waals surface area contributed by atoms with Gasteiger partial charge in [-0.1, -0.05) is 51.5 Å². The summed E-state index contributed by atoms with van der Waals surface area (Å²) in [4.78, 5) is 4.82. The van der Waals surface area contributed by atoms with Crippen molar-refractivity contribution in [3.8, 4) is 17.2 Å². The fourth-order valence-corrected chi connectivity index (χ4v) is 3.41. The maximum absolute atomic E-state index is 5.49. The van der Waals surface area contributed by atoms with E-state index in [1.807, 2.05) is 30.3 Å². The molecular formula is C26H35NO3. The number of hydrogen-bond acceptors (Lipinski definition) is 4. The minimum atomic E-state index is 0.00926. The Bertz CT molecular complexity index is 888. The normalized spacial score (nSPS) is 12.5. The number of aliphatic imine (C=N–C) groups is 1. The van der Waals surface area contributed by atoms with Crippen molar-refractivity contribution in [1.29, 1.82) is 0 Å². The van der Waals surface area contributed by atoms with Gasteiger partial charge in [0.05, 0.1) is 32.6 Å². The summed E-state index contributed by atoms with van der Waals surface area (Å²) in [6.07, 6.45) is 5.05. The monoisotopic (exact) mass is 409 g/mol. The van der Waals surface area contributed by atoms with Crippen LogP contribution in [0.1, 0.15) is 45.7 Å². The van der Waals surface area contributed by atoms with Crippen LogP contribution in [0.3, 0.4) is 0 Å². The number of ether oxygens (including phenoxy) is 3. The maximum atomic E-state index is 5.49. The van der Waals surface area contributed by atoms with E-state index in [2.05, 4.69) is 46.8 Å². The molecule has 30 heavy (non-hydrogen) atoms. The highest BCUT2D eigenvalue weighted by molar-refractivity contribution is 5.89. The average molecular weight is 410 g/mol. The number of hydrogen-bond donors (Lipinski definition) is 0. The van der Waals surface area contributed by atoms with Gasteiger partial charge in [-0.05, 0) is 48.4 Å². The summed E-state index contributed by atoms with van der Waals surface area (Å²) in [5.41, 5.74) is 4.27. The second-order valence-corrected chi connectivity index (χ2v) is 8.54. The molecule has 4 nitrogen and oxygen atoms in total. The van der Waals surface area contributed by atoms with Crippen LogP contribution >= 0.6 is 0 Å². The van der Waals surface area contributed by atoms with Gasteiger partial charge in [-0.3, -0.25) is 4.99 Å². The van der Waals surface area contributed by atoms with Crippen molar-refractivity contribution in [2.45, 2.75) is 41.0 Å². The number of methoxy groups -OCH3 is 3. The first-order valence-electron chi connectivity index (χ1n) is 10.3. The fraction of sp³-hybridized carbons (Fsp3) is 0.423. The Hall–Kier alpha value is -2.75. The minimum Gasteiger partial charge on any atom is -0.497 e. The highest BCUT2D eigenvalue weighted by atomic mass is 16.5. The van der Waals surface area contributed by atoms with Crippen LogP contribution < -0.4 is 14.2 Å². The fourth-order valence-electron chi connectivity index (χ4n) is 3.41. The zero-order valence-corrected chi connectivity index (χ0v) is 19.6. The van der Waals surface area contributed by atoms with Crippen LogP contribution in [-0.2, 0) is 6.42 Å². The Morgan fingerprint density at radius 2 is 1.63 bits per heavy atom. The minimum absolute atomic E-state index is 0.00926. The molecule has 0 N–H and O–H groups in total. The maximum Gasteiger partial charge on any atom is 0.131 e. The van der Waals surface area contributed by atoms with Crippen molar-refractivity contribution < 1.29 is 14.2 Å². The summed E-state index contributed by atoms with van der Waals surface area (Å²) >= 11 is 0. The third kappa shape index (κ3) is 6.12. The predicted molar refractivity (Wildman–Crippen MR) is 126 cm³/mol. The van der Waals surface area contributed by atoms with Gasteiger partial charge in [-0.15, -0.1) is 0 Å². The molecule has 0 fully saturated rings. The summed E-state index contributed by atoms with van der Waals surface area (Å²) in [6, 6.07) is 11.8. The lowest BCUT2D eigenvalue weighted by molar-refractivity contribution is 0.393. The largest absolute Gasteiger partial charge is 0.497 e. The van der Waals surface area contributed by atoms with Gasteiger partial charge in [0.2, 0.25) is 0 Å². The van der Waals surface area contributed by atoms with Gasteiger partial charge in [0.15, 0.2) is 0 Å². The zero-order chi connectivity index (χ0) is 22.3. The number of rotatable bonds is 9. The van der Waals surface area contributed by atoms with Crippen LogP contribution in [-0.4, -0.2) is 27.5 Å². The highest BCUT2D eigenvalue weighted by Gasteiger charge is 2.19. The molecule has 2 rings (SSSR count). The van der Waals surface area contributed by atoms with E-state index < -0.39 is 0 Å². The number of benzene rings is 2. The molecule has 0 aliphatic heterocycles. The molecule has 0 unspecified atom stereocenters. The van der Waals surface area contributed by atoms with E-state index in [9.17, 15) is 0 Å². The summed E-state index contributed by atoms with van der Waals surface area (Å²) in [6.45, 7) is 11.2. The quantitative estimate of drug-likeness (QED) is 0.344. The highest BCUT2D eigenvalue weighted by Crippen LogP contribution is 2.34. The van der Waals surface area contributed by atoms with Crippen molar-refractivity contribution in [3.05, 3.63) is 59.2 Å². The van der Waals surface area contributed by atoms with Gasteiger partial charge in [0, 0.05) is 12.3 Å². The molecule has 0 spiro atoms. The Morgan fingerprint density at radius 1 is 1.00 bits per heavy atom. The summed E-state index contributed by atoms with van der Waals surface area (Å²) < 4.78 is 16.4. The number of nitrogens with zero attached hydrogens (tertiary/aromatic N) is 1. The van der Waals surface area contributed by atoms with E-state index >= 15 is 0 Å². The SMILES string of the molecule is COc1ccc(CC(C)(C)/C=C(/C)C(C)C)c(N=Cc2c(OC)cccc2OC)c1. The third-order valence-corrected chi connectivity index (χ3v) is 5.27. The van der Waals surface area contributed by atoms with Gasteiger partial charge in [0.1, 0.15) is 17.2 Å². The first kappa shape index (κ1) is 23.5. The smallest absolute Gasteiger partial charge is 0.131 e. The van der Waals surface area contributed by atoms with E-state index in [4.69, 9.17) is 19.2 Å².